The number of nitrogens with one attached hydrogen (secondary N) is 3. The van der Waals surface area contributed by atoms with Gasteiger partial charge in [-0.1, -0.05) is 0 Å². The van der Waals surface area contributed by atoms with Crippen LogP contribution in [0.1, 0.15) is 19.8 Å². The van der Waals surface area contributed by atoms with E-state index in [0.717, 1.165) is 0 Å². The highest BCUT2D eigenvalue weighted by Crippen LogP contribution is 2.03. The lowest BCUT2D eigenvalue weighted by molar-refractivity contribution is -0.141. The number of rotatable bonds is 13. The Bertz CT molecular complexity index is 591. The maximum absolute atomic E-state index is 12.3. The number of carboxylic acid groups (broad SMARTS) is 1. The monoisotopic (exact) mass is 437 g/mol. The zero-order valence-electron chi connectivity index (χ0n) is 15.6. The second-order valence-electron chi connectivity index (χ2n) is 5.93. The van der Waals surface area contributed by atoms with Crippen LogP contribution in [0.3, 0.4) is 0 Å². The predicted molar refractivity (Wildman–Crippen MR) is 108 cm³/mol. The normalized spacial score (nSPS) is 14.9. The number of nitrogens with two attached hydrogens (primary N) is 2. The number of thiol groups is 1. The van der Waals surface area contributed by atoms with E-state index in [1.165, 1.54) is 18.7 Å². The topological polar surface area (TPSA) is 194 Å². The molecule has 0 radical (unpaired) electrons. The molecule has 0 saturated carbocycles. The molecule has 8 N–H and O–H groups in total. The molecule has 0 aliphatic carbocycles. The largest absolute Gasteiger partial charge is 0.480 e. The van der Waals surface area contributed by atoms with E-state index in [1.54, 1.807) is 0 Å². The van der Waals surface area contributed by atoms with Gasteiger partial charge in [-0.2, -0.15) is 24.4 Å². The van der Waals surface area contributed by atoms with E-state index in [1.807, 2.05) is 6.26 Å². The first-order valence-electron chi connectivity index (χ1n) is 8.31. The first-order chi connectivity index (χ1) is 13.0. The van der Waals surface area contributed by atoms with Crippen LogP contribution in [0.4, 0.5) is 0 Å². The molecule has 0 spiro atoms. The van der Waals surface area contributed by atoms with Crippen molar-refractivity contribution in [1.82, 2.24) is 16.0 Å². The fourth-order valence-electron chi connectivity index (χ4n) is 1.95. The van der Waals surface area contributed by atoms with Gasteiger partial charge in [-0.3, -0.25) is 19.2 Å². The van der Waals surface area contributed by atoms with Crippen LogP contribution in [0.5, 0.6) is 0 Å². The molecule has 0 aliphatic rings. The van der Waals surface area contributed by atoms with Crippen molar-refractivity contribution in [3.63, 3.8) is 0 Å². The van der Waals surface area contributed by atoms with E-state index >= 15 is 0 Å². The second-order valence-corrected chi connectivity index (χ2v) is 7.28. The van der Waals surface area contributed by atoms with Gasteiger partial charge < -0.3 is 32.5 Å². The van der Waals surface area contributed by atoms with Crippen molar-refractivity contribution in [2.45, 2.75) is 43.9 Å². The van der Waals surface area contributed by atoms with Gasteiger partial charge in [0.2, 0.25) is 23.6 Å². The first kappa shape index (κ1) is 26.0. The highest BCUT2D eigenvalue weighted by Gasteiger charge is 2.28. The molecule has 0 rings (SSSR count). The summed E-state index contributed by atoms with van der Waals surface area (Å²) in [7, 11) is 0. The van der Waals surface area contributed by atoms with Gasteiger partial charge in [0.25, 0.3) is 0 Å². The summed E-state index contributed by atoms with van der Waals surface area (Å²) in [6.45, 7) is 1.38. The van der Waals surface area contributed by atoms with Crippen molar-refractivity contribution in [3.8, 4) is 0 Å². The summed E-state index contributed by atoms with van der Waals surface area (Å²) in [6, 6.07) is -4.44. The van der Waals surface area contributed by atoms with Crippen LogP contribution in [-0.2, 0) is 24.0 Å². The van der Waals surface area contributed by atoms with E-state index in [0.29, 0.717) is 5.75 Å². The maximum atomic E-state index is 12.3. The molecule has 0 aromatic heterocycles. The van der Waals surface area contributed by atoms with Crippen molar-refractivity contribution in [1.29, 1.82) is 0 Å². The van der Waals surface area contributed by atoms with Crippen LogP contribution in [0, 0.1) is 0 Å². The summed E-state index contributed by atoms with van der Waals surface area (Å²) in [6.07, 6.45) is 1.69. The second kappa shape index (κ2) is 13.2. The number of carbonyl (C=O) groups excluding carboxylic acids is 4. The van der Waals surface area contributed by atoms with Gasteiger partial charge in [0.05, 0.1) is 12.5 Å². The lowest BCUT2D eigenvalue weighted by Gasteiger charge is -2.23. The Morgan fingerprint density at radius 1 is 1.04 bits per heavy atom. The third-order valence-electron chi connectivity index (χ3n) is 3.55. The van der Waals surface area contributed by atoms with Crippen LogP contribution < -0.4 is 27.4 Å². The van der Waals surface area contributed by atoms with Gasteiger partial charge in [-0.25, -0.2) is 4.79 Å². The summed E-state index contributed by atoms with van der Waals surface area (Å²) in [5.74, 6) is -3.68. The Hall–Kier alpha value is -1.99. The molecule has 0 aliphatic heterocycles. The third-order valence-corrected chi connectivity index (χ3v) is 4.56. The Morgan fingerprint density at radius 3 is 2.07 bits per heavy atom. The fourth-order valence-corrected chi connectivity index (χ4v) is 2.67. The van der Waals surface area contributed by atoms with E-state index in [9.17, 15) is 24.0 Å². The van der Waals surface area contributed by atoms with Gasteiger partial charge in [-0.05, 0) is 25.4 Å². The van der Waals surface area contributed by atoms with E-state index in [2.05, 4.69) is 28.6 Å². The molecule has 160 valence electrons. The van der Waals surface area contributed by atoms with Crippen LogP contribution in [-0.4, -0.2) is 76.6 Å². The summed E-state index contributed by atoms with van der Waals surface area (Å²) in [5.41, 5.74) is 10.5. The van der Waals surface area contributed by atoms with E-state index < -0.39 is 53.8 Å². The molecule has 4 amide bonds. The average Bonchev–Trinajstić information content (AvgIpc) is 2.61. The Morgan fingerprint density at radius 2 is 1.61 bits per heavy atom. The molecule has 0 bridgehead atoms. The molecule has 28 heavy (non-hydrogen) atoms. The molecule has 0 fully saturated rings. The Balaban J connectivity index is 4.94. The lowest BCUT2D eigenvalue weighted by atomic mass is 10.1. The minimum Gasteiger partial charge on any atom is -0.480 e. The molecule has 4 atom stereocenters. The molecule has 0 heterocycles. The third kappa shape index (κ3) is 9.80. The Labute approximate surface area is 172 Å². The molecule has 0 aromatic carbocycles. The number of primary amides is 1. The first-order valence-corrected chi connectivity index (χ1v) is 10.3. The number of aliphatic carboxylic acids is 1. The van der Waals surface area contributed by atoms with Gasteiger partial charge in [0, 0.05) is 5.75 Å². The van der Waals surface area contributed by atoms with Crippen molar-refractivity contribution in [3.05, 3.63) is 0 Å². The van der Waals surface area contributed by atoms with Crippen molar-refractivity contribution >= 4 is 54.0 Å². The molecule has 13 heteroatoms. The minimum atomic E-state index is -1.25. The zero-order valence-corrected chi connectivity index (χ0v) is 17.3. The van der Waals surface area contributed by atoms with Gasteiger partial charge >= 0.3 is 5.97 Å². The predicted octanol–water partition coefficient (Wildman–Crippen LogP) is -2.57. The van der Waals surface area contributed by atoms with Gasteiger partial charge in [-0.15, -0.1) is 0 Å². The molecule has 11 nitrogen and oxygen atoms in total. The summed E-state index contributed by atoms with van der Waals surface area (Å²) in [4.78, 5) is 58.4. The van der Waals surface area contributed by atoms with Crippen LogP contribution >= 0.6 is 24.4 Å². The number of hydrogen-bond acceptors (Lipinski definition) is 8. The number of carbonyl (C=O) groups is 5. The molecular formula is C15H27N5O6S2. The SMILES string of the molecule is CSCCC(NC(=O)C(C)NC(=O)C(N)CC(N)=O)C(=O)NC(CS)C(=O)O. The van der Waals surface area contributed by atoms with E-state index in [4.69, 9.17) is 16.6 Å². The standard InChI is InChI=1S/C15H27N5O6S2/c1-7(18-13(23)8(16)5-11(17)21)12(22)19-9(3-4-28-2)14(24)20-10(6-27)15(25)26/h7-10,27H,3-6,16H2,1-2H3,(H2,17,21)(H,18,23)(H,19,22)(H,20,24)(H,25,26). The number of hydrogen-bond donors (Lipinski definition) is 7. The lowest BCUT2D eigenvalue weighted by Crippen LogP contribution is -2.56. The fraction of sp³-hybridized carbons (Fsp3) is 0.667. The van der Waals surface area contributed by atoms with Crippen molar-refractivity contribution in [2.24, 2.45) is 11.5 Å². The van der Waals surface area contributed by atoms with E-state index in [-0.39, 0.29) is 18.6 Å². The maximum Gasteiger partial charge on any atom is 0.327 e. The van der Waals surface area contributed by atoms with Crippen LogP contribution in [0.15, 0.2) is 0 Å². The van der Waals surface area contributed by atoms with Gasteiger partial charge in [0.1, 0.15) is 18.1 Å². The van der Waals surface area contributed by atoms with Gasteiger partial charge in [0.15, 0.2) is 0 Å². The highest BCUT2D eigenvalue weighted by molar-refractivity contribution is 7.98. The van der Waals surface area contributed by atoms with Crippen molar-refractivity contribution < 1.29 is 29.1 Å². The summed E-state index contributed by atoms with van der Waals surface area (Å²) >= 11 is 5.31. The quantitative estimate of drug-likeness (QED) is 0.153. The molecule has 4 unspecified atom stereocenters. The summed E-state index contributed by atoms with van der Waals surface area (Å²) in [5, 5.41) is 16.1. The Kier molecular flexibility index (Phi) is 12.3. The molecule has 0 saturated heterocycles. The zero-order chi connectivity index (χ0) is 21.9. The smallest absolute Gasteiger partial charge is 0.327 e. The number of amides is 4. The molecule has 0 aromatic rings. The number of carboxylic acids is 1. The minimum absolute atomic E-state index is 0.117. The molecular weight excluding hydrogens is 410 g/mol. The number of thioether (sulfide) groups is 1. The summed E-state index contributed by atoms with van der Waals surface area (Å²) < 4.78 is 0. The highest BCUT2D eigenvalue weighted by atomic mass is 32.2. The van der Waals surface area contributed by atoms with Crippen LogP contribution in [0.25, 0.3) is 0 Å². The van der Waals surface area contributed by atoms with Crippen LogP contribution in [0.2, 0.25) is 0 Å². The van der Waals surface area contributed by atoms with Crippen molar-refractivity contribution in [2.75, 3.05) is 17.8 Å². The average molecular weight is 438 g/mol.